The number of halogens is 1. The van der Waals surface area contributed by atoms with Crippen molar-refractivity contribution in [2.45, 2.75) is 31.1 Å². The van der Waals surface area contributed by atoms with E-state index in [9.17, 15) is 14.0 Å². The molecular formula is C22H28FN5O3. The number of benzene rings is 1. The Morgan fingerprint density at radius 3 is 2.55 bits per heavy atom. The molecule has 1 aromatic carbocycles. The molecule has 1 unspecified atom stereocenters. The minimum atomic E-state index is -0.585. The minimum Gasteiger partial charge on any atom is -0.359 e. The first kappa shape index (κ1) is 21.5. The quantitative estimate of drug-likeness (QED) is 0.790. The first-order chi connectivity index (χ1) is 14.8. The predicted molar refractivity (Wildman–Crippen MR) is 112 cm³/mol. The van der Waals surface area contributed by atoms with E-state index in [0.717, 1.165) is 12.1 Å². The van der Waals surface area contributed by atoms with Crippen molar-refractivity contribution in [2.24, 2.45) is 7.05 Å². The van der Waals surface area contributed by atoms with Crippen molar-refractivity contribution in [1.82, 2.24) is 24.9 Å². The number of likely N-dealkylation sites (N-methyl/N-ethyl adjacent to an activating group) is 1. The van der Waals surface area contributed by atoms with Crippen molar-refractivity contribution in [1.29, 1.82) is 0 Å². The summed E-state index contributed by atoms with van der Waals surface area (Å²) in [6.45, 7) is 2.70. The molecule has 4 rings (SSSR count). The van der Waals surface area contributed by atoms with E-state index >= 15 is 0 Å². The lowest BCUT2D eigenvalue weighted by Crippen LogP contribution is -2.61. The molecule has 1 N–H and O–H groups in total. The Morgan fingerprint density at radius 2 is 1.90 bits per heavy atom. The van der Waals surface area contributed by atoms with Crippen LogP contribution in [0.1, 0.15) is 28.9 Å². The highest BCUT2D eigenvalue weighted by atomic mass is 19.1. The number of aryl methyl sites for hydroxylation is 1. The van der Waals surface area contributed by atoms with Crippen molar-refractivity contribution in [3.05, 3.63) is 53.6 Å². The van der Waals surface area contributed by atoms with Gasteiger partial charge in [0.15, 0.2) is 0 Å². The number of hydrogen-bond donors (Lipinski definition) is 1. The van der Waals surface area contributed by atoms with Gasteiger partial charge >= 0.3 is 0 Å². The van der Waals surface area contributed by atoms with Crippen molar-refractivity contribution in [3.63, 3.8) is 0 Å². The Hall–Kier alpha value is -2.78. The maximum absolute atomic E-state index is 13.1. The Morgan fingerprint density at radius 1 is 1.19 bits per heavy atom. The fourth-order valence-electron chi connectivity index (χ4n) is 4.40. The SMILES string of the molecule is CN1CC(C(=O)NCc2ccc(F)cc2)OC2(CCN(C(=O)c3ccnn3C)CC2)C1. The van der Waals surface area contributed by atoms with Crippen LogP contribution in [-0.4, -0.2) is 76.3 Å². The molecule has 2 amide bonds. The second-order valence-corrected chi connectivity index (χ2v) is 8.46. The molecule has 2 aromatic rings. The monoisotopic (exact) mass is 429 g/mol. The molecule has 9 heteroatoms. The average Bonchev–Trinajstić information content (AvgIpc) is 3.18. The zero-order chi connectivity index (χ0) is 22.0. The number of nitrogens with one attached hydrogen (secondary N) is 1. The van der Waals surface area contributed by atoms with Crippen LogP contribution < -0.4 is 5.32 Å². The maximum atomic E-state index is 13.1. The minimum absolute atomic E-state index is 0.0346. The molecule has 31 heavy (non-hydrogen) atoms. The number of amides is 2. The lowest BCUT2D eigenvalue weighted by molar-refractivity contribution is -0.180. The molecule has 0 bridgehead atoms. The van der Waals surface area contributed by atoms with Crippen LogP contribution in [0.15, 0.2) is 36.5 Å². The topological polar surface area (TPSA) is 79.7 Å². The smallest absolute Gasteiger partial charge is 0.272 e. The van der Waals surface area contributed by atoms with Gasteiger partial charge in [-0.3, -0.25) is 14.3 Å². The molecule has 3 heterocycles. The van der Waals surface area contributed by atoms with Gasteiger partial charge in [-0.05, 0) is 43.7 Å². The first-order valence-electron chi connectivity index (χ1n) is 10.5. The normalized spacial score (nSPS) is 21.3. The lowest BCUT2D eigenvalue weighted by Gasteiger charge is -2.48. The van der Waals surface area contributed by atoms with E-state index in [4.69, 9.17) is 4.74 Å². The third-order valence-electron chi connectivity index (χ3n) is 6.10. The summed E-state index contributed by atoms with van der Waals surface area (Å²) in [4.78, 5) is 29.5. The predicted octanol–water partition coefficient (Wildman–Crippen LogP) is 1.18. The summed E-state index contributed by atoms with van der Waals surface area (Å²) in [7, 11) is 3.74. The first-order valence-corrected chi connectivity index (χ1v) is 10.5. The Kier molecular flexibility index (Phi) is 6.06. The number of carbonyl (C=O) groups excluding carboxylic acids is 2. The van der Waals surface area contributed by atoms with E-state index in [2.05, 4.69) is 15.3 Å². The summed E-state index contributed by atoms with van der Waals surface area (Å²) in [6, 6.07) is 7.78. The van der Waals surface area contributed by atoms with E-state index in [1.807, 2.05) is 11.9 Å². The Balaban J connectivity index is 1.35. The number of piperidine rings is 1. The van der Waals surface area contributed by atoms with Crippen molar-refractivity contribution < 1.29 is 18.7 Å². The van der Waals surface area contributed by atoms with Gasteiger partial charge in [0.05, 0.1) is 5.60 Å². The number of carbonyl (C=O) groups is 2. The number of likely N-dealkylation sites (tertiary alicyclic amines) is 1. The van der Waals surface area contributed by atoms with Crippen LogP contribution in [0.25, 0.3) is 0 Å². The van der Waals surface area contributed by atoms with E-state index in [-0.39, 0.29) is 17.6 Å². The Bertz CT molecular complexity index is 937. The summed E-state index contributed by atoms with van der Waals surface area (Å²) in [5, 5.41) is 6.97. The average molecular weight is 429 g/mol. The third kappa shape index (κ3) is 4.77. The van der Waals surface area contributed by atoms with Gasteiger partial charge in [-0.1, -0.05) is 12.1 Å². The fraction of sp³-hybridized carbons (Fsp3) is 0.500. The molecular weight excluding hydrogens is 401 g/mol. The number of aromatic nitrogens is 2. The molecule has 0 radical (unpaired) electrons. The van der Waals surface area contributed by atoms with Gasteiger partial charge in [0.1, 0.15) is 17.6 Å². The van der Waals surface area contributed by atoms with E-state index < -0.39 is 11.7 Å². The maximum Gasteiger partial charge on any atom is 0.272 e. The second-order valence-electron chi connectivity index (χ2n) is 8.46. The number of morpholine rings is 1. The van der Waals surface area contributed by atoms with Crippen molar-refractivity contribution >= 4 is 11.8 Å². The summed E-state index contributed by atoms with van der Waals surface area (Å²) in [5.41, 5.74) is 0.944. The molecule has 8 nitrogen and oxygen atoms in total. The second kappa shape index (κ2) is 8.76. The zero-order valence-corrected chi connectivity index (χ0v) is 17.9. The third-order valence-corrected chi connectivity index (χ3v) is 6.10. The lowest BCUT2D eigenvalue weighted by atomic mass is 9.88. The summed E-state index contributed by atoms with van der Waals surface area (Å²) >= 11 is 0. The highest BCUT2D eigenvalue weighted by Crippen LogP contribution is 2.32. The molecule has 1 atom stereocenters. The highest BCUT2D eigenvalue weighted by molar-refractivity contribution is 5.92. The van der Waals surface area contributed by atoms with E-state index in [1.165, 1.54) is 12.1 Å². The van der Waals surface area contributed by atoms with E-state index in [0.29, 0.717) is 44.7 Å². The van der Waals surface area contributed by atoms with Crippen LogP contribution in [0.5, 0.6) is 0 Å². The van der Waals surface area contributed by atoms with Gasteiger partial charge in [-0.25, -0.2) is 4.39 Å². The largest absolute Gasteiger partial charge is 0.359 e. The van der Waals surface area contributed by atoms with Crippen LogP contribution in [0, 0.1) is 5.82 Å². The molecule has 1 aromatic heterocycles. The van der Waals surface area contributed by atoms with E-state index in [1.54, 1.807) is 36.1 Å². The number of ether oxygens (including phenoxy) is 1. The molecule has 2 saturated heterocycles. The molecule has 0 saturated carbocycles. The molecule has 0 aliphatic carbocycles. The number of hydrogen-bond acceptors (Lipinski definition) is 5. The van der Waals surface area contributed by atoms with Crippen LogP contribution in [0.3, 0.4) is 0 Å². The van der Waals surface area contributed by atoms with Crippen LogP contribution in [0.2, 0.25) is 0 Å². The summed E-state index contributed by atoms with van der Waals surface area (Å²) < 4.78 is 21.0. The van der Waals surface area contributed by atoms with Crippen LogP contribution >= 0.6 is 0 Å². The fourth-order valence-corrected chi connectivity index (χ4v) is 4.40. The van der Waals surface area contributed by atoms with Crippen molar-refractivity contribution in [2.75, 3.05) is 33.2 Å². The molecule has 2 aliphatic rings. The number of rotatable bonds is 4. The van der Waals surface area contributed by atoms with Crippen LogP contribution in [0.4, 0.5) is 4.39 Å². The van der Waals surface area contributed by atoms with Crippen LogP contribution in [-0.2, 0) is 23.1 Å². The van der Waals surface area contributed by atoms with Gasteiger partial charge in [-0.2, -0.15) is 5.10 Å². The van der Waals surface area contributed by atoms with Gasteiger partial charge in [0.25, 0.3) is 11.8 Å². The Labute approximate surface area is 180 Å². The van der Waals surface area contributed by atoms with Gasteiger partial charge in [-0.15, -0.1) is 0 Å². The standard InChI is InChI=1S/C22H28FN5O3/c1-26-14-19(20(29)24-13-16-3-5-17(23)6-4-16)31-22(15-26)8-11-28(12-9-22)21(30)18-7-10-25-27(18)2/h3-7,10,19H,8-9,11-15H2,1-2H3,(H,24,29). The molecule has 166 valence electrons. The molecule has 2 fully saturated rings. The number of nitrogens with zero attached hydrogens (tertiary/aromatic N) is 4. The van der Waals surface area contributed by atoms with Gasteiger partial charge in [0, 0.05) is 46.0 Å². The summed E-state index contributed by atoms with van der Waals surface area (Å²) in [5.74, 6) is -0.515. The molecule has 2 aliphatic heterocycles. The molecule has 1 spiro atoms. The highest BCUT2D eigenvalue weighted by Gasteiger charge is 2.44. The zero-order valence-electron chi connectivity index (χ0n) is 17.9. The van der Waals surface area contributed by atoms with Gasteiger partial charge in [0.2, 0.25) is 0 Å². The summed E-state index contributed by atoms with van der Waals surface area (Å²) in [6.07, 6.45) is 2.37. The van der Waals surface area contributed by atoms with Gasteiger partial charge < -0.3 is 19.9 Å². The van der Waals surface area contributed by atoms with Crippen molar-refractivity contribution in [3.8, 4) is 0 Å².